The minimum Gasteiger partial charge on any atom is -0.465 e. The molecule has 0 radical (unpaired) electrons. The second-order valence-corrected chi connectivity index (χ2v) is 8.30. The van der Waals surface area contributed by atoms with Crippen molar-refractivity contribution < 1.29 is 22.3 Å². The first kappa shape index (κ1) is 18.8. The van der Waals surface area contributed by atoms with Gasteiger partial charge in [-0.1, -0.05) is 17.7 Å². The maximum absolute atomic E-state index is 14.1. The molecule has 3 rings (SSSR count). The Morgan fingerprint density at radius 1 is 1.23 bits per heavy atom. The van der Waals surface area contributed by atoms with Crippen molar-refractivity contribution >= 4 is 27.6 Å². The zero-order valence-electron chi connectivity index (χ0n) is 14.0. The van der Waals surface area contributed by atoms with Crippen molar-refractivity contribution in [3.8, 4) is 0 Å². The van der Waals surface area contributed by atoms with Crippen LogP contribution in [0.15, 0.2) is 47.4 Å². The summed E-state index contributed by atoms with van der Waals surface area (Å²) < 4.78 is 46.1. The molecular weight excluding hydrogens is 381 g/mol. The highest BCUT2D eigenvalue weighted by Gasteiger charge is 2.38. The summed E-state index contributed by atoms with van der Waals surface area (Å²) in [6.45, 7) is -0.142. The van der Waals surface area contributed by atoms with Crippen LogP contribution in [0.25, 0.3) is 0 Å². The molecule has 0 bridgehead atoms. The van der Waals surface area contributed by atoms with Crippen LogP contribution in [0, 0.1) is 5.82 Å². The lowest BCUT2D eigenvalue weighted by molar-refractivity contribution is 0.0600. The zero-order chi connectivity index (χ0) is 18.9. The van der Waals surface area contributed by atoms with E-state index in [0.717, 1.165) is 0 Å². The molecule has 1 fully saturated rings. The van der Waals surface area contributed by atoms with Gasteiger partial charge in [-0.25, -0.2) is 17.6 Å². The molecule has 1 aliphatic rings. The van der Waals surface area contributed by atoms with Crippen LogP contribution in [0.1, 0.15) is 28.8 Å². The zero-order valence-corrected chi connectivity index (χ0v) is 15.6. The number of carbonyl (C=O) groups is 1. The summed E-state index contributed by atoms with van der Waals surface area (Å²) in [5, 5.41) is 0.187. The lowest BCUT2D eigenvalue weighted by Gasteiger charge is -2.23. The first-order valence-electron chi connectivity index (χ1n) is 7.97. The molecule has 0 amide bonds. The van der Waals surface area contributed by atoms with Gasteiger partial charge in [0.1, 0.15) is 5.82 Å². The van der Waals surface area contributed by atoms with Gasteiger partial charge in [-0.15, -0.1) is 0 Å². The Morgan fingerprint density at radius 2 is 1.88 bits per heavy atom. The topological polar surface area (TPSA) is 63.7 Å². The van der Waals surface area contributed by atoms with Crippen molar-refractivity contribution in [2.24, 2.45) is 0 Å². The molecular formula is C18H17ClFNO4S. The molecule has 0 spiro atoms. The lowest BCUT2D eigenvalue weighted by Crippen LogP contribution is -2.33. The van der Waals surface area contributed by atoms with E-state index in [4.69, 9.17) is 11.6 Å². The fourth-order valence-corrected chi connectivity index (χ4v) is 4.50. The number of nitrogens with zero attached hydrogens (tertiary/aromatic N) is 1. The van der Waals surface area contributed by atoms with Crippen LogP contribution in [0.2, 0.25) is 5.02 Å². The third-order valence-corrected chi connectivity index (χ3v) is 6.48. The molecule has 0 unspecified atom stereocenters. The van der Waals surface area contributed by atoms with E-state index >= 15 is 0 Å². The number of rotatable bonds is 6. The standard InChI is InChI=1S/C18H17ClFNO4S/c1-25-18(22)12-5-9-14(10-6-12)26(23,24)21(13-7-8-13)11-15-16(19)3-2-4-17(15)20/h2-6,9-10,13H,7-8,11H2,1H3. The first-order valence-corrected chi connectivity index (χ1v) is 9.79. The highest BCUT2D eigenvalue weighted by Crippen LogP contribution is 2.35. The highest BCUT2D eigenvalue weighted by molar-refractivity contribution is 7.89. The van der Waals surface area contributed by atoms with E-state index in [1.165, 1.54) is 53.9 Å². The molecule has 0 N–H and O–H groups in total. The van der Waals surface area contributed by atoms with Crippen LogP contribution in [0.3, 0.4) is 0 Å². The van der Waals surface area contributed by atoms with Gasteiger partial charge >= 0.3 is 5.97 Å². The predicted octanol–water partition coefficient (Wildman–Crippen LogP) is 3.62. The van der Waals surface area contributed by atoms with Gasteiger partial charge in [0.2, 0.25) is 10.0 Å². The second kappa shape index (κ2) is 7.34. The molecule has 0 aromatic heterocycles. The quantitative estimate of drug-likeness (QED) is 0.698. The summed E-state index contributed by atoms with van der Waals surface area (Å²) in [6, 6.07) is 9.55. The second-order valence-electron chi connectivity index (χ2n) is 6.00. The number of ether oxygens (including phenoxy) is 1. The normalized spacial score (nSPS) is 14.5. The largest absolute Gasteiger partial charge is 0.465 e. The van der Waals surface area contributed by atoms with Crippen molar-refractivity contribution in [2.45, 2.75) is 30.3 Å². The van der Waals surface area contributed by atoms with Gasteiger partial charge in [-0.2, -0.15) is 4.31 Å². The Balaban J connectivity index is 1.93. The summed E-state index contributed by atoms with van der Waals surface area (Å²) in [6.07, 6.45) is 1.43. The van der Waals surface area contributed by atoms with Crippen LogP contribution in [-0.2, 0) is 21.3 Å². The summed E-state index contributed by atoms with van der Waals surface area (Å²) in [4.78, 5) is 11.5. The van der Waals surface area contributed by atoms with Crippen molar-refractivity contribution in [2.75, 3.05) is 7.11 Å². The molecule has 5 nitrogen and oxygen atoms in total. The van der Waals surface area contributed by atoms with Crippen molar-refractivity contribution in [3.05, 3.63) is 64.4 Å². The molecule has 0 aliphatic heterocycles. The molecule has 2 aromatic rings. The van der Waals surface area contributed by atoms with Crippen LogP contribution in [-0.4, -0.2) is 31.8 Å². The van der Waals surface area contributed by atoms with E-state index in [-0.39, 0.29) is 33.6 Å². The molecule has 8 heteroatoms. The van der Waals surface area contributed by atoms with E-state index < -0.39 is 21.8 Å². The van der Waals surface area contributed by atoms with Gasteiger partial charge in [0, 0.05) is 23.2 Å². The molecule has 0 heterocycles. The van der Waals surface area contributed by atoms with Crippen LogP contribution < -0.4 is 0 Å². The van der Waals surface area contributed by atoms with Crippen molar-refractivity contribution in [3.63, 3.8) is 0 Å². The minimum absolute atomic E-state index is 0.0320. The van der Waals surface area contributed by atoms with Crippen molar-refractivity contribution in [1.29, 1.82) is 0 Å². The van der Waals surface area contributed by atoms with E-state index in [1.807, 2.05) is 0 Å². The number of halogens is 2. The molecule has 1 saturated carbocycles. The number of benzene rings is 2. The maximum atomic E-state index is 14.1. The average Bonchev–Trinajstić information content (AvgIpc) is 3.45. The van der Waals surface area contributed by atoms with Gasteiger partial charge in [0.05, 0.1) is 17.6 Å². The fraction of sp³-hybridized carbons (Fsp3) is 0.278. The van der Waals surface area contributed by atoms with Gasteiger partial charge in [-0.05, 0) is 49.2 Å². The number of sulfonamides is 1. The Morgan fingerprint density at radius 3 is 2.42 bits per heavy atom. The van der Waals surface area contributed by atoms with E-state index in [0.29, 0.717) is 12.8 Å². The van der Waals surface area contributed by atoms with E-state index in [1.54, 1.807) is 0 Å². The number of carbonyl (C=O) groups excluding carboxylic acids is 1. The van der Waals surface area contributed by atoms with Crippen LogP contribution >= 0.6 is 11.6 Å². The molecule has 0 atom stereocenters. The fourth-order valence-electron chi connectivity index (χ4n) is 2.63. The summed E-state index contributed by atoms with van der Waals surface area (Å²) in [7, 11) is -2.61. The monoisotopic (exact) mass is 397 g/mol. The summed E-state index contributed by atoms with van der Waals surface area (Å²) in [5.74, 6) is -1.09. The molecule has 1 aliphatic carbocycles. The Hall–Kier alpha value is -1.96. The van der Waals surface area contributed by atoms with Crippen LogP contribution in [0.4, 0.5) is 4.39 Å². The molecule has 2 aromatic carbocycles. The van der Waals surface area contributed by atoms with Crippen molar-refractivity contribution in [1.82, 2.24) is 4.31 Å². The number of hydrogen-bond donors (Lipinski definition) is 0. The van der Waals surface area contributed by atoms with Gasteiger partial charge < -0.3 is 4.74 Å². The minimum atomic E-state index is -3.86. The Bertz CT molecular complexity index is 906. The summed E-state index contributed by atoms with van der Waals surface area (Å²) in [5.41, 5.74) is 0.400. The number of hydrogen-bond acceptors (Lipinski definition) is 4. The maximum Gasteiger partial charge on any atom is 0.337 e. The third kappa shape index (κ3) is 3.75. The Labute approximate surface area is 156 Å². The molecule has 26 heavy (non-hydrogen) atoms. The average molecular weight is 398 g/mol. The Kier molecular flexibility index (Phi) is 5.32. The van der Waals surface area contributed by atoms with E-state index in [2.05, 4.69) is 4.74 Å². The predicted molar refractivity (Wildman–Crippen MR) is 94.9 cm³/mol. The SMILES string of the molecule is COC(=O)c1ccc(S(=O)(=O)N(Cc2c(F)cccc2Cl)C2CC2)cc1. The summed E-state index contributed by atoms with van der Waals surface area (Å²) >= 11 is 6.05. The van der Waals surface area contributed by atoms with E-state index in [9.17, 15) is 17.6 Å². The third-order valence-electron chi connectivity index (χ3n) is 4.21. The highest BCUT2D eigenvalue weighted by atomic mass is 35.5. The first-order chi connectivity index (χ1) is 12.3. The lowest BCUT2D eigenvalue weighted by atomic mass is 10.2. The van der Waals surface area contributed by atoms with Gasteiger partial charge in [-0.3, -0.25) is 0 Å². The smallest absolute Gasteiger partial charge is 0.337 e. The van der Waals surface area contributed by atoms with Crippen LogP contribution in [0.5, 0.6) is 0 Å². The molecule has 0 saturated heterocycles. The van der Waals surface area contributed by atoms with Gasteiger partial charge in [0.15, 0.2) is 0 Å². The molecule has 138 valence electrons. The number of methoxy groups -OCH3 is 1. The number of esters is 1. The van der Waals surface area contributed by atoms with Gasteiger partial charge in [0.25, 0.3) is 0 Å².